The van der Waals surface area contributed by atoms with Crippen LogP contribution >= 0.6 is 0 Å². The lowest BCUT2D eigenvalue weighted by Crippen LogP contribution is -2.35. The van der Waals surface area contributed by atoms with E-state index in [1.165, 1.54) is 36.1 Å². The first-order valence-corrected chi connectivity index (χ1v) is 7.10. The first-order valence-electron chi connectivity index (χ1n) is 7.10. The molecule has 18 heavy (non-hydrogen) atoms. The number of benzene rings is 1. The number of hydrogen-bond acceptors (Lipinski definition) is 2. The molecule has 0 radical (unpaired) electrons. The lowest BCUT2D eigenvalue weighted by atomic mass is 9.93. The largest absolute Gasteiger partial charge is 0.372 e. The number of rotatable bonds is 2. The summed E-state index contributed by atoms with van der Waals surface area (Å²) in [5.74, 6) is 0.439. The minimum atomic E-state index is 0.439. The summed E-state index contributed by atoms with van der Waals surface area (Å²) >= 11 is 0. The summed E-state index contributed by atoms with van der Waals surface area (Å²) in [5, 5.41) is 0. The first kappa shape index (κ1) is 11.8. The van der Waals surface area contributed by atoms with Gasteiger partial charge in [0.25, 0.3) is 0 Å². The van der Waals surface area contributed by atoms with Gasteiger partial charge in [0, 0.05) is 31.6 Å². The van der Waals surface area contributed by atoms with Crippen LogP contribution in [0.4, 0.5) is 5.69 Å². The third-order valence-corrected chi connectivity index (χ3v) is 4.55. The second-order valence-electron chi connectivity index (χ2n) is 5.69. The van der Waals surface area contributed by atoms with Crippen LogP contribution in [0.25, 0.3) is 0 Å². The molecule has 96 valence electrons. The maximum Gasteiger partial charge on any atom is 0.133 e. The first-order chi connectivity index (χ1) is 8.74. The van der Waals surface area contributed by atoms with Crippen molar-refractivity contribution >= 4 is 11.5 Å². The Balaban J connectivity index is 1.75. The van der Waals surface area contributed by atoms with Crippen molar-refractivity contribution in [2.24, 2.45) is 0 Å². The second-order valence-corrected chi connectivity index (χ2v) is 5.69. The maximum absolute atomic E-state index is 11.3. The summed E-state index contributed by atoms with van der Waals surface area (Å²) in [4.78, 5) is 13.7. The van der Waals surface area contributed by atoms with E-state index in [-0.39, 0.29) is 0 Å². The van der Waals surface area contributed by atoms with Crippen LogP contribution in [0.5, 0.6) is 0 Å². The molecular formula is C16H21NO. The normalized spacial score (nSPS) is 19.9. The van der Waals surface area contributed by atoms with E-state index >= 15 is 0 Å². The van der Waals surface area contributed by atoms with E-state index in [4.69, 9.17) is 0 Å². The Hall–Kier alpha value is -1.31. The van der Waals surface area contributed by atoms with E-state index in [2.05, 4.69) is 30.1 Å². The van der Waals surface area contributed by atoms with Crippen LogP contribution in [0.2, 0.25) is 0 Å². The van der Waals surface area contributed by atoms with E-state index in [9.17, 15) is 4.79 Å². The molecule has 1 fully saturated rings. The van der Waals surface area contributed by atoms with Crippen LogP contribution in [0.1, 0.15) is 43.2 Å². The molecule has 3 rings (SSSR count). The topological polar surface area (TPSA) is 20.3 Å². The summed E-state index contributed by atoms with van der Waals surface area (Å²) in [7, 11) is 2.18. The van der Waals surface area contributed by atoms with Gasteiger partial charge in [-0.05, 0) is 55.4 Å². The Morgan fingerprint density at radius 3 is 2.56 bits per heavy atom. The number of ketones is 1. The average Bonchev–Trinajstić information content (AvgIpc) is 2.86. The van der Waals surface area contributed by atoms with Gasteiger partial charge in [-0.1, -0.05) is 6.07 Å². The Bertz CT molecular complexity index is 456. The van der Waals surface area contributed by atoms with Crippen molar-refractivity contribution in [1.82, 2.24) is 0 Å². The summed E-state index contributed by atoms with van der Waals surface area (Å²) < 4.78 is 0. The van der Waals surface area contributed by atoms with Crippen molar-refractivity contribution in [1.29, 1.82) is 0 Å². The number of Topliss-reactive ketones (excluding diaryl/α,β-unsaturated/α-hetero) is 1. The van der Waals surface area contributed by atoms with Gasteiger partial charge in [-0.2, -0.15) is 0 Å². The molecule has 0 aliphatic heterocycles. The predicted molar refractivity (Wildman–Crippen MR) is 74.1 cm³/mol. The minimum absolute atomic E-state index is 0.439. The SMILES string of the molecule is CN(c1ccc2c(c1)CCC2)C1CCC(=O)CC1. The van der Waals surface area contributed by atoms with Gasteiger partial charge in [0.15, 0.2) is 0 Å². The van der Waals surface area contributed by atoms with Crippen LogP contribution in [0, 0.1) is 0 Å². The Labute approximate surface area is 109 Å². The van der Waals surface area contributed by atoms with Crippen LogP contribution in [0.15, 0.2) is 18.2 Å². The van der Waals surface area contributed by atoms with Crippen molar-refractivity contribution in [3.8, 4) is 0 Å². The number of aryl methyl sites for hydroxylation is 2. The maximum atomic E-state index is 11.3. The van der Waals surface area contributed by atoms with E-state index in [0.29, 0.717) is 11.8 Å². The molecule has 0 aromatic heterocycles. The fourth-order valence-corrected chi connectivity index (χ4v) is 3.30. The predicted octanol–water partition coefficient (Wildman–Crippen LogP) is 3.12. The van der Waals surface area contributed by atoms with Gasteiger partial charge in [-0.3, -0.25) is 4.79 Å². The van der Waals surface area contributed by atoms with Gasteiger partial charge in [0.2, 0.25) is 0 Å². The monoisotopic (exact) mass is 243 g/mol. The van der Waals surface area contributed by atoms with Gasteiger partial charge in [-0.25, -0.2) is 0 Å². The van der Waals surface area contributed by atoms with Crippen LogP contribution < -0.4 is 4.90 Å². The highest BCUT2D eigenvalue weighted by molar-refractivity contribution is 5.79. The zero-order valence-corrected chi connectivity index (χ0v) is 11.1. The molecule has 0 amide bonds. The number of carbonyl (C=O) groups excluding carboxylic acids is 1. The van der Waals surface area contributed by atoms with Crippen LogP contribution in [-0.4, -0.2) is 18.9 Å². The highest BCUT2D eigenvalue weighted by Crippen LogP contribution is 2.29. The third-order valence-electron chi connectivity index (χ3n) is 4.55. The number of anilines is 1. The molecule has 1 aromatic carbocycles. The fourth-order valence-electron chi connectivity index (χ4n) is 3.30. The minimum Gasteiger partial charge on any atom is -0.372 e. The smallest absolute Gasteiger partial charge is 0.133 e. The van der Waals surface area contributed by atoms with Gasteiger partial charge < -0.3 is 4.90 Å². The quantitative estimate of drug-likeness (QED) is 0.795. The molecule has 2 nitrogen and oxygen atoms in total. The Morgan fingerprint density at radius 1 is 1.06 bits per heavy atom. The number of carbonyl (C=O) groups is 1. The Kier molecular flexibility index (Phi) is 3.11. The van der Waals surface area contributed by atoms with Gasteiger partial charge in [0.1, 0.15) is 5.78 Å². The highest BCUT2D eigenvalue weighted by atomic mass is 16.1. The molecule has 0 bridgehead atoms. The van der Waals surface area contributed by atoms with Crippen molar-refractivity contribution in [3.05, 3.63) is 29.3 Å². The van der Waals surface area contributed by atoms with E-state index in [1.54, 1.807) is 0 Å². The molecule has 1 saturated carbocycles. The molecular weight excluding hydrogens is 222 g/mol. The molecule has 2 aliphatic carbocycles. The van der Waals surface area contributed by atoms with E-state index in [0.717, 1.165) is 25.7 Å². The van der Waals surface area contributed by atoms with E-state index < -0.39 is 0 Å². The summed E-state index contributed by atoms with van der Waals surface area (Å²) in [6.07, 6.45) is 7.36. The van der Waals surface area contributed by atoms with Gasteiger partial charge in [-0.15, -0.1) is 0 Å². The van der Waals surface area contributed by atoms with Crippen molar-refractivity contribution < 1.29 is 4.79 Å². The lowest BCUT2D eigenvalue weighted by molar-refractivity contribution is -0.120. The molecule has 0 atom stereocenters. The van der Waals surface area contributed by atoms with Crippen LogP contribution in [-0.2, 0) is 17.6 Å². The van der Waals surface area contributed by atoms with Crippen molar-refractivity contribution in [2.75, 3.05) is 11.9 Å². The van der Waals surface area contributed by atoms with Gasteiger partial charge in [0.05, 0.1) is 0 Å². The fraction of sp³-hybridized carbons (Fsp3) is 0.562. The standard InChI is InChI=1S/C16H21NO/c1-17(14-7-9-16(18)10-8-14)15-6-5-12-3-2-4-13(12)11-15/h5-6,11,14H,2-4,7-10H2,1H3. The average molecular weight is 243 g/mol. The Morgan fingerprint density at radius 2 is 1.78 bits per heavy atom. The second kappa shape index (κ2) is 4.75. The molecule has 2 heteroatoms. The van der Waals surface area contributed by atoms with Crippen molar-refractivity contribution in [3.63, 3.8) is 0 Å². The summed E-state index contributed by atoms with van der Waals surface area (Å²) in [5.41, 5.74) is 4.40. The third kappa shape index (κ3) is 2.16. The van der Waals surface area contributed by atoms with Crippen LogP contribution in [0.3, 0.4) is 0 Å². The van der Waals surface area contributed by atoms with Crippen molar-refractivity contribution in [2.45, 2.75) is 51.0 Å². The van der Waals surface area contributed by atoms with Gasteiger partial charge >= 0.3 is 0 Å². The zero-order valence-electron chi connectivity index (χ0n) is 11.1. The molecule has 0 heterocycles. The number of nitrogens with zero attached hydrogens (tertiary/aromatic N) is 1. The molecule has 0 saturated heterocycles. The summed E-state index contributed by atoms with van der Waals surface area (Å²) in [6, 6.07) is 7.45. The molecule has 0 N–H and O–H groups in total. The van der Waals surface area contributed by atoms with E-state index in [1.807, 2.05) is 0 Å². The molecule has 2 aliphatic rings. The molecule has 1 aromatic rings. The highest BCUT2D eigenvalue weighted by Gasteiger charge is 2.23. The molecule has 0 unspecified atom stereocenters. The molecule has 0 spiro atoms. The summed E-state index contributed by atoms with van der Waals surface area (Å²) in [6.45, 7) is 0. The number of fused-ring (bicyclic) bond motifs is 1. The lowest BCUT2D eigenvalue weighted by Gasteiger charge is -2.32. The number of hydrogen-bond donors (Lipinski definition) is 0. The zero-order chi connectivity index (χ0) is 12.5.